The smallest absolute Gasteiger partial charge is 0.0619 e. The van der Waals surface area contributed by atoms with Crippen molar-refractivity contribution < 1.29 is 4.74 Å². The fraction of sp³-hybridized carbons (Fsp3) is 0.846. The van der Waals surface area contributed by atoms with E-state index in [2.05, 4.69) is 19.8 Å². The molecule has 0 aromatic carbocycles. The average molecular weight is 190 g/mol. The van der Waals surface area contributed by atoms with Gasteiger partial charge in [0.1, 0.15) is 0 Å². The fourth-order valence-electron chi connectivity index (χ4n) is 3.63. The molecule has 1 heteroatoms. The summed E-state index contributed by atoms with van der Waals surface area (Å²) in [5.41, 5.74) is 0.746. The summed E-state index contributed by atoms with van der Waals surface area (Å²) >= 11 is 0. The summed E-state index contributed by atoms with van der Waals surface area (Å²) in [7, 11) is 0. The molecule has 1 heterocycles. The molecular formula is C13H18O. The third-order valence-electron chi connectivity index (χ3n) is 5.00. The zero-order valence-electron chi connectivity index (χ0n) is 9.05. The van der Waals surface area contributed by atoms with Gasteiger partial charge in [0, 0.05) is 16.7 Å². The lowest BCUT2D eigenvalue weighted by Crippen LogP contribution is -2.47. The highest BCUT2D eigenvalue weighted by Gasteiger charge is 2.69. The van der Waals surface area contributed by atoms with Crippen LogP contribution < -0.4 is 0 Å². The maximum Gasteiger partial charge on any atom is 0.0619 e. The summed E-state index contributed by atoms with van der Waals surface area (Å²) < 4.78 is 6.08. The van der Waals surface area contributed by atoms with Gasteiger partial charge in [-0.05, 0) is 39.5 Å². The molecule has 0 bridgehead atoms. The minimum atomic E-state index is 0.373. The Bertz CT molecular complexity index is 280. The number of hydrogen-bond acceptors (Lipinski definition) is 1. The van der Waals surface area contributed by atoms with Gasteiger partial charge in [-0.1, -0.05) is 0 Å². The minimum Gasteiger partial charge on any atom is -0.374 e. The molecule has 76 valence electrons. The van der Waals surface area contributed by atoms with Crippen molar-refractivity contribution in [3.8, 4) is 12.3 Å². The van der Waals surface area contributed by atoms with Gasteiger partial charge in [-0.3, -0.25) is 0 Å². The third-order valence-corrected chi connectivity index (χ3v) is 5.00. The molecule has 3 rings (SSSR count). The van der Waals surface area contributed by atoms with Crippen molar-refractivity contribution >= 4 is 0 Å². The minimum absolute atomic E-state index is 0.373. The van der Waals surface area contributed by atoms with E-state index in [-0.39, 0.29) is 0 Å². The molecule has 0 amide bonds. The predicted molar refractivity (Wildman–Crippen MR) is 55.7 cm³/mol. The van der Waals surface area contributed by atoms with E-state index in [0.29, 0.717) is 29.0 Å². The maximum absolute atomic E-state index is 6.08. The van der Waals surface area contributed by atoms with Crippen LogP contribution in [0.1, 0.15) is 39.5 Å². The summed E-state index contributed by atoms with van der Waals surface area (Å²) in [6.07, 6.45) is 11.7. The first-order valence-electron chi connectivity index (χ1n) is 5.77. The Hall–Kier alpha value is -0.480. The zero-order valence-corrected chi connectivity index (χ0v) is 9.05. The second-order valence-corrected chi connectivity index (χ2v) is 5.49. The van der Waals surface area contributed by atoms with E-state index in [1.807, 2.05) is 0 Å². The highest BCUT2D eigenvalue weighted by molar-refractivity contribution is 5.25. The molecular weight excluding hydrogens is 172 g/mol. The Morgan fingerprint density at radius 3 is 1.79 bits per heavy atom. The molecule has 1 saturated heterocycles. The largest absolute Gasteiger partial charge is 0.374 e. The SMILES string of the molecule is C#CC1C2(CC2)[C@H](C)O[C@H](C)C12CC2. The van der Waals surface area contributed by atoms with E-state index >= 15 is 0 Å². The number of terminal acetylenes is 1. The Morgan fingerprint density at radius 1 is 1.07 bits per heavy atom. The van der Waals surface area contributed by atoms with Crippen LogP contribution in [0, 0.1) is 29.1 Å². The first kappa shape index (κ1) is 8.80. The second-order valence-electron chi connectivity index (χ2n) is 5.49. The highest BCUT2D eigenvalue weighted by Crippen LogP contribution is 2.71. The molecule has 0 aromatic heterocycles. The van der Waals surface area contributed by atoms with Gasteiger partial charge in [0.2, 0.25) is 0 Å². The van der Waals surface area contributed by atoms with Gasteiger partial charge in [-0.25, -0.2) is 0 Å². The molecule has 0 radical (unpaired) electrons. The molecule has 2 aliphatic carbocycles. The Kier molecular flexibility index (Phi) is 1.48. The van der Waals surface area contributed by atoms with Gasteiger partial charge in [0.25, 0.3) is 0 Å². The van der Waals surface area contributed by atoms with E-state index in [9.17, 15) is 0 Å². The summed E-state index contributed by atoms with van der Waals surface area (Å²) in [5, 5.41) is 0. The molecule has 3 fully saturated rings. The lowest BCUT2D eigenvalue weighted by molar-refractivity contribution is -0.139. The standard InChI is InChI=1S/C13H18O/c1-4-11-12(5-6-12)9(2)14-10(3)13(11)7-8-13/h1,9-11H,5-8H2,2-3H3/t9-,10+,11?. The molecule has 2 saturated carbocycles. The number of ether oxygens (including phenoxy) is 1. The molecule has 0 aromatic rings. The van der Waals surface area contributed by atoms with Crippen LogP contribution in [0.5, 0.6) is 0 Å². The van der Waals surface area contributed by atoms with Crippen molar-refractivity contribution in [3.63, 3.8) is 0 Å². The molecule has 0 N–H and O–H groups in total. The van der Waals surface area contributed by atoms with Gasteiger partial charge < -0.3 is 4.74 Å². The van der Waals surface area contributed by atoms with E-state index in [4.69, 9.17) is 11.2 Å². The molecule has 1 nitrogen and oxygen atoms in total. The van der Waals surface area contributed by atoms with Crippen LogP contribution in [0.2, 0.25) is 0 Å². The molecule has 3 atom stereocenters. The van der Waals surface area contributed by atoms with Crippen LogP contribution in [-0.2, 0) is 4.74 Å². The first-order chi connectivity index (χ1) is 6.66. The van der Waals surface area contributed by atoms with E-state index < -0.39 is 0 Å². The molecule has 1 unspecified atom stereocenters. The van der Waals surface area contributed by atoms with Gasteiger partial charge in [0.15, 0.2) is 0 Å². The van der Waals surface area contributed by atoms with Gasteiger partial charge in [0.05, 0.1) is 12.2 Å². The lowest BCUT2D eigenvalue weighted by Gasteiger charge is -2.45. The van der Waals surface area contributed by atoms with Crippen LogP contribution >= 0.6 is 0 Å². The molecule has 3 aliphatic rings. The van der Waals surface area contributed by atoms with E-state index in [1.165, 1.54) is 25.7 Å². The fourth-order valence-corrected chi connectivity index (χ4v) is 3.63. The van der Waals surface area contributed by atoms with Crippen molar-refractivity contribution in [3.05, 3.63) is 0 Å². The summed E-state index contributed by atoms with van der Waals surface area (Å²) in [5.74, 6) is 3.58. The summed E-state index contributed by atoms with van der Waals surface area (Å²) in [4.78, 5) is 0. The van der Waals surface area contributed by atoms with E-state index in [0.717, 1.165) is 0 Å². The predicted octanol–water partition coefficient (Wildman–Crippen LogP) is 2.60. The topological polar surface area (TPSA) is 9.23 Å². The monoisotopic (exact) mass is 190 g/mol. The third kappa shape index (κ3) is 0.816. The molecule has 2 spiro atoms. The van der Waals surface area contributed by atoms with Crippen molar-refractivity contribution in [2.45, 2.75) is 51.7 Å². The number of hydrogen-bond donors (Lipinski definition) is 0. The van der Waals surface area contributed by atoms with Crippen molar-refractivity contribution in [2.24, 2.45) is 16.7 Å². The lowest BCUT2D eigenvalue weighted by atomic mass is 9.70. The molecule has 14 heavy (non-hydrogen) atoms. The quantitative estimate of drug-likeness (QED) is 0.533. The number of rotatable bonds is 0. The van der Waals surface area contributed by atoms with Gasteiger partial charge in [-0.15, -0.1) is 12.3 Å². The van der Waals surface area contributed by atoms with E-state index in [1.54, 1.807) is 0 Å². The highest BCUT2D eigenvalue weighted by atomic mass is 16.5. The molecule has 1 aliphatic heterocycles. The maximum atomic E-state index is 6.08. The van der Waals surface area contributed by atoms with Gasteiger partial charge in [-0.2, -0.15) is 0 Å². The van der Waals surface area contributed by atoms with Crippen molar-refractivity contribution in [1.29, 1.82) is 0 Å². The Morgan fingerprint density at radius 2 is 1.50 bits per heavy atom. The Labute approximate surface area is 86.2 Å². The normalized spacial score (nSPS) is 46.2. The first-order valence-corrected chi connectivity index (χ1v) is 5.77. The van der Waals surface area contributed by atoms with Crippen molar-refractivity contribution in [1.82, 2.24) is 0 Å². The zero-order chi connectivity index (χ0) is 9.97. The van der Waals surface area contributed by atoms with Crippen LogP contribution in [0.4, 0.5) is 0 Å². The van der Waals surface area contributed by atoms with Crippen LogP contribution in [0.25, 0.3) is 0 Å². The second kappa shape index (κ2) is 2.36. The van der Waals surface area contributed by atoms with Crippen LogP contribution in [0.15, 0.2) is 0 Å². The van der Waals surface area contributed by atoms with Crippen LogP contribution in [-0.4, -0.2) is 12.2 Å². The summed E-state index contributed by atoms with van der Waals surface area (Å²) in [6.45, 7) is 4.42. The van der Waals surface area contributed by atoms with Crippen molar-refractivity contribution in [2.75, 3.05) is 0 Å². The van der Waals surface area contributed by atoms with Gasteiger partial charge >= 0.3 is 0 Å². The Balaban J connectivity index is 1.99. The van der Waals surface area contributed by atoms with Crippen LogP contribution in [0.3, 0.4) is 0 Å². The average Bonchev–Trinajstić information content (AvgIpc) is 2.96. The summed E-state index contributed by atoms with van der Waals surface area (Å²) in [6, 6.07) is 0.